The first-order valence-electron chi connectivity index (χ1n) is 23.7. The van der Waals surface area contributed by atoms with E-state index in [1.54, 1.807) is 0 Å². The molecule has 0 amide bonds. The van der Waals surface area contributed by atoms with Crippen molar-refractivity contribution in [2.75, 3.05) is 0 Å². The van der Waals surface area contributed by atoms with Gasteiger partial charge in [0, 0.05) is 59.9 Å². The molecule has 5 nitrogen and oxygen atoms in total. The van der Waals surface area contributed by atoms with Crippen molar-refractivity contribution >= 4 is 87.6 Å². The van der Waals surface area contributed by atoms with Gasteiger partial charge in [0.2, 0.25) is 0 Å². The van der Waals surface area contributed by atoms with E-state index in [9.17, 15) is 0 Å². The third-order valence-electron chi connectivity index (χ3n) is 14.2. The monoisotopic (exact) mass is 894 g/mol. The summed E-state index contributed by atoms with van der Waals surface area (Å²) in [4.78, 5) is 5.30. The number of rotatable bonds is 6. The fourth-order valence-electron chi connectivity index (χ4n) is 11.0. The van der Waals surface area contributed by atoms with E-state index in [2.05, 4.69) is 211 Å². The van der Waals surface area contributed by atoms with Crippen molar-refractivity contribution in [1.82, 2.24) is 9.55 Å². The first-order valence-corrected chi connectivity index (χ1v) is 23.7. The lowest BCUT2D eigenvalue weighted by Gasteiger charge is -2.12. The van der Waals surface area contributed by atoms with Gasteiger partial charge in [-0.05, 0) is 124 Å². The van der Waals surface area contributed by atoms with Gasteiger partial charge in [0.15, 0.2) is 0 Å². The van der Waals surface area contributed by atoms with Crippen LogP contribution in [0.5, 0.6) is 0 Å². The van der Waals surface area contributed by atoms with Crippen molar-refractivity contribution in [3.05, 3.63) is 231 Å². The van der Waals surface area contributed by atoms with Crippen LogP contribution in [0.4, 0.5) is 0 Å². The van der Waals surface area contributed by atoms with E-state index in [0.29, 0.717) is 0 Å². The molecule has 0 aliphatic carbocycles. The van der Waals surface area contributed by atoms with E-state index >= 15 is 0 Å². The fourth-order valence-corrected chi connectivity index (χ4v) is 11.0. The van der Waals surface area contributed by atoms with Gasteiger partial charge in [-0.3, -0.25) is 0 Å². The molecule has 0 saturated heterocycles. The Bertz CT molecular complexity index is 4590. The predicted molar refractivity (Wildman–Crippen MR) is 288 cm³/mol. The van der Waals surface area contributed by atoms with Gasteiger partial charge in [-0.1, -0.05) is 140 Å². The third-order valence-corrected chi connectivity index (χ3v) is 14.2. The highest BCUT2D eigenvalue weighted by Gasteiger charge is 2.21. The van der Waals surface area contributed by atoms with Crippen molar-refractivity contribution < 1.29 is 13.3 Å². The maximum absolute atomic E-state index is 6.72. The van der Waals surface area contributed by atoms with Crippen LogP contribution in [0.1, 0.15) is 0 Å². The average Bonchev–Trinajstić information content (AvgIpc) is 4.19. The van der Waals surface area contributed by atoms with Gasteiger partial charge in [0.1, 0.15) is 33.5 Å². The van der Waals surface area contributed by atoms with Gasteiger partial charge >= 0.3 is 0 Å². The summed E-state index contributed by atoms with van der Waals surface area (Å²) in [5, 5.41) is 8.87. The highest BCUT2D eigenvalue weighted by Crippen LogP contribution is 2.45. The molecule has 0 radical (unpaired) electrons. The molecule has 0 N–H and O–H groups in total. The molecular formula is C65H38N2O3. The van der Waals surface area contributed by atoms with Gasteiger partial charge in [0.25, 0.3) is 0 Å². The van der Waals surface area contributed by atoms with Gasteiger partial charge in [-0.25, -0.2) is 4.98 Å². The molecule has 0 fully saturated rings. The Balaban J connectivity index is 0.930. The molecule has 5 aromatic heterocycles. The molecule has 5 heteroatoms. The summed E-state index contributed by atoms with van der Waals surface area (Å²) in [5.74, 6) is 0. The molecule has 10 aromatic carbocycles. The lowest BCUT2D eigenvalue weighted by molar-refractivity contribution is 0.668. The minimum Gasteiger partial charge on any atom is -0.456 e. The Kier molecular flexibility index (Phi) is 8.29. The molecule has 0 aliphatic rings. The summed E-state index contributed by atoms with van der Waals surface area (Å²) >= 11 is 0. The number of fused-ring (bicyclic) bond motifs is 12. The topological polar surface area (TPSA) is 57.2 Å². The number of aromatic nitrogens is 2. The molecule has 15 rings (SSSR count). The molecule has 0 unspecified atom stereocenters. The molecule has 0 bridgehead atoms. The van der Waals surface area contributed by atoms with E-state index in [1.807, 2.05) is 24.3 Å². The van der Waals surface area contributed by atoms with E-state index in [0.717, 1.165) is 133 Å². The second kappa shape index (κ2) is 15.0. The summed E-state index contributed by atoms with van der Waals surface area (Å²) in [7, 11) is 0. The number of pyridine rings is 1. The highest BCUT2D eigenvalue weighted by molar-refractivity contribution is 6.18. The summed E-state index contributed by atoms with van der Waals surface area (Å²) in [6.45, 7) is 0. The second-order valence-electron chi connectivity index (χ2n) is 18.2. The first-order chi connectivity index (χ1) is 34.7. The summed E-state index contributed by atoms with van der Waals surface area (Å²) in [6.07, 6.45) is 0. The van der Waals surface area contributed by atoms with Crippen LogP contribution in [0.25, 0.3) is 149 Å². The van der Waals surface area contributed by atoms with Crippen molar-refractivity contribution in [3.63, 3.8) is 0 Å². The van der Waals surface area contributed by atoms with Crippen molar-refractivity contribution in [2.24, 2.45) is 0 Å². The molecule has 0 atom stereocenters. The zero-order valence-electron chi connectivity index (χ0n) is 37.6. The lowest BCUT2D eigenvalue weighted by Crippen LogP contribution is -1.93. The molecule has 70 heavy (non-hydrogen) atoms. The maximum Gasteiger partial charge on any atom is 0.136 e. The zero-order valence-corrected chi connectivity index (χ0v) is 37.6. The van der Waals surface area contributed by atoms with Crippen LogP contribution in [-0.4, -0.2) is 9.55 Å². The Hall–Kier alpha value is -9.45. The number of hydrogen-bond donors (Lipinski definition) is 0. The summed E-state index contributed by atoms with van der Waals surface area (Å²) < 4.78 is 22.2. The van der Waals surface area contributed by atoms with Gasteiger partial charge in [-0.2, -0.15) is 0 Å². The molecule has 326 valence electrons. The number of nitrogens with zero attached hydrogens (tertiary/aromatic N) is 2. The average molecular weight is 895 g/mol. The smallest absolute Gasteiger partial charge is 0.136 e. The summed E-state index contributed by atoms with van der Waals surface area (Å²) in [5.41, 5.74) is 18.7. The first kappa shape index (κ1) is 38.6. The third kappa shape index (κ3) is 5.95. The molecule has 0 spiro atoms. The number of furan rings is 3. The lowest BCUT2D eigenvalue weighted by atomic mass is 9.92. The molecular weight excluding hydrogens is 857 g/mol. The van der Waals surface area contributed by atoms with Crippen molar-refractivity contribution in [2.45, 2.75) is 0 Å². The standard InChI is InChI=1S/C65H38N2O3/c1-3-14-39(15-4-1)54-34-44(35-55(66-54)42-27-30-50-49-19-8-11-23-58(49)69-62(50)37-42)46-21-13-25-61-64(46)53-32-41(28-31-60(53)68-61)52-33-43(38-63-65(52)51-20-9-12-24-59(51)70-63)40-26-29-48-47-18-7-10-22-56(47)67(57(48)36-40)45-16-5-2-6-17-45/h1-38H. The van der Waals surface area contributed by atoms with E-state index in [4.69, 9.17) is 18.2 Å². The van der Waals surface area contributed by atoms with Gasteiger partial charge in [-0.15, -0.1) is 0 Å². The quantitative estimate of drug-likeness (QED) is 0.167. The Labute approximate surface area is 400 Å². The van der Waals surface area contributed by atoms with Crippen LogP contribution in [0.15, 0.2) is 244 Å². The predicted octanol–water partition coefficient (Wildman–Crippen LogP) is 18.2. The van der Waals surface area contributed by atoms with E-state index < -0.39 is 0 Å². The normalized spacial score (nSPS) is 12.0. The van der Waals surface area contributed by atoms with Crippen LogP contribution in [0.3, 0.4) is 0 Å². The fraction of sp³-hybridized carbons (Fsp3) is 0. The van der Waals surface area contributed by atoms with E-state index in [1.165, 1.54) is 16.3 Å². The van der Waals surface area contributed by atoms with Crippen LogP contribution < -0.4 is 0 Å². The molecule has 15 aromatic rings. The maximum atomic E-state index is 6.72. The minimum atomic E-state index is 0.822. The Morgan fingerprint density at radius 2 is 0.857 bits per heavy atom. The Morgan fingerprint density at radius 3 is 1.71 bits per heavy atom. The second-order valence-corrected chi connectivity index (χ2v) is 18.2. The van der Waals surface area contributed by atoms with Crippen LogP contribution in [-0.2, 0) is 0 Å². The molecule has 5 heterocycles. The van der Waals surface area contributed by atoms with Gasteiger partial charge < -0.3 is 17.8 Å². The highest BCUT2D eigenvalue weighted by atomic mass is 16.3. The van der Waals surface area contributed by atoms with Crippen LogP contribution in [0.2, 0.25) is 0 Å². The van der Waals surface area contributed by atoms with Crippen molar-refractivity contribution in [1.29, 1.82) is 0 Å². The minimum absolute atomic E-state index is 0.822. The van der Waals surface area contributed by atoms with Crippen LogP contribution >= 0.6 is 0 Å². The number of benzene rings is 10. The van der Waals surface area contributed by atoms with Crippen molar-refractivity contribution in [3.8, 4) is 61.6 Å². The largest absolute Gasteiger partial charge is 0.456 e. The summed E-state index contributed by atoms with van der Waals surface area (Å²) in [6, 6.07) is 81.4. The SMILES string of the molecule is c1ccc(-c2cc(-c3cccc4oc5ccc(-c6cc(-c7ccc8c9ccccc9n(-c9ccccc9)c8c7)cc7oc8ccccc8c67)cc5c34)cc(-c3ccc4c(c3)oc3ccccc34)n2)cc1. The number of hydrogen-bond acceptors (Lipinski definition) is 4. The Morgan fingerprint density at radius 1 is 0.271 bits per heavy atom. The number of para-hydroxylation sites is 4. The molecule has 0 aliphatic heterocycles. The van der Waals surface area contributed by atoms with Gasteiger partial charge in [0.05, 0.1) is 22.4 Å². The van der Waals surface area contributed by atoms with Crippen LogP contribution in [0, 0.1) is 0 Å². The molecule has 0 saturated carbocycles. The zero-order chi connectivity index (χ0) is 45.9. The van der Waals surface area contributed by atoms with E-state index in [-0.39, 0.29) is 0 Å².